The van der Waals surface area contributed by atoms with Crippen LogP contribution < -0.4 is 67.3 Å². The first-order valence-corrected chi connectivity index (χ1v) is 23.5. The third kappa shape index (κ3) is 14.3. The Hall–Kier alpha value is -11.1. The van der Waals surface area contributed by atoms with E-state index in [2.05, 4.69) is 16.0 Å². The minimum absolute atomic E-state index is 0.0382. The number of carbonyl (C=O) groups excluding carboxylic acids is 3. The molecule has 0 spiro atoms. The van der Waals surface area contributed by atoms with E-state index in [0.717, 1.165) is 0 Å². The number of nitrogens with one attached hydrogen (secondary N) is 3. The molecule has 3 amide bonds. The van der Waals surface area contributed by atoms with E-state index in [1.807, 2.05) is 0 Å². The average Bonchev–Trinajstić information content (AvgIpc) is 3.42. The Morgan fingerprint density at radius 2 is 0.532 bits per heavy atom. The van der Waals surface area contributed by atoms with E-state index < -0.39 is 30.2 Å². The fourth-order valence-corrected chi connectivity index (χ4v) is 7.30. The van der Waals surface area contributed by atoms with Gasteiger partial charge in [0.25, 0.3) is 17.7 Å². The molecule has 0 bridgehead atoms. The molecule has 0 aliphatic carbocycles. The van der Waals surface area contributed by atoms with E-state index in [4.69, 9.17) is 51.4 Å². The Kier molecular flexibility index (Phi) is 15.3. The molecule has 0 aliphatic rings. The van der Waals surface area contributed by atoms with Gasteiger partial charge in [0.05, 0.1) is 0 Å². The summed E-state index contributed by atoms with van der Waals surface area (Å²) in [6.45, 7) is -0.631. The predicted octanol–water partition coefficient (Wildman–Crippen LogP) is 12.1. The van der Waals surface area contributed by atoms with Gasteiger partial charge in [-0.15, -0.1) is 0 Å². The summed E-state index contributed by atoms with van der Waals surface area (Å²) in [5.74, 6) is 1.39. The molecule has 0 aromatic heterocycles. The highest BCUT2D eigenvalue weighted by Gasteiger charge is 2.17. The highest BCUT2D eigenvalue weighted by Crippen LogP contribution is 2.36. The summed E-state index contributed by atoms with van der Waals surface area (Å²) >= 11 is 0. The van der Waals surface area contributed by atoms with Gasteiger partial charge < -0.3 is 72.4 Å². The number of hydrogen-bond acceptors (Lipinski definition) is 14. The lowest BCUT2D eigenvalue weighted by atomic mass is 10.1. The Morgan fingerprint density at radius 1 is 0.312 bits per heavy atom. The quantitative estimate of drug-likeness (QED) is 0.0350. The summed E-state index contributed by atoms with van der Waals surface area (Å²) in [5, 5.41) is 17.3. The maximum atomic E-state index is 13.7. The zero-order valence-corrected chi connectivity index (χ0v) is 40.6. The Balaban J connectivity index is 0.888. The number of amides is 3. The lowest BCUT2D eigenvalue weighted by Crippen LogP contribution is -2.29. The molecule has 384 valence electrons. The van der Waals surface area contributed by atoms with Gasteiger partial charge in [0, 0.05) is 69.0 Å². The molecular formula is C59H47N7O11. The first-order chi connectivity index (χ1) is 37.2. The van der Waals surface area contributed by atoms with Gasteiger partial charge in [0.1, 0.15) is 75.5 Å². The SMILES string of the molecule is Nc1ccc(Oc2cc(Oc3ccc(N)cc3)cc(C(=O)Nc3ccc(Oc4cc(Oc5ccc(NC(=O)c6cc(Oc7ccc(N)cc7)cc(Oc7ccc(N)cc7)c6)cc5)cc(C(=O)NCC(=O)O)c4)cc3)c2)cc1. The van der Waals surface area contributed by atoms with E-state index >= 15 is 0 Å². The maximum Gasteiger partial charge on any atom is 0.322 e. The van der Waals surface area contributed by atoms with Crippen LogP contribution in [0.25, 0.3) is 0 Å². The van der Waals surface area contributed by atoms with E-state index in [-0.39, 0.29) is 28.2 Å². The highest BCUT2D eigenvalue weighted by atomic mass is 16.5. The van der Waals surface area contributed by atoms with Crippen molar-refractivity contribution in [3.05, 3.63) is 217 Å². The molecule has 9 aromatic carbocycles. The molecule has 18 nitrogen and oxygen atoms in total. The molecule has 12 N–H and O–H groups in total. The Morgan fingerprint density at radius 3 is 0.766 bits per heavy atom. The topological polar surface area (TPSA) is 284 Å². The van der Waals surface area contributed by atoms with Gasteiger partial charge in [0.15, 0.2) is 0 Å². The van der Waals surface area contributed by atoms with Gasteiger partial charge in [-0.1, -0.05) is 0 Å². The van der Waals surface area contributed by atoms with E-state index in [1.54, 1.807) is 182 Å². The second-order valence-electron chi connectivity index (χ2n) is 17.0. The number of carboxylic acid groups (broad SMARTS) is 1. The summed E-state index contributed by atoms with van der Waals surface area (Å²) in [4.78, 5) is 51.9. The van der Waals surface area contributed by atoms with Crippen LogP contribution in [-0.4, -0.2) is 35.3 Å². The highest BCUT2D eigenvalue weighted by molar-refractivity contribution is 6.05. The molecule has 0 saturated heterocycles. The molecule has 0 heterocycles. The summed E-state index contributed by atoms with van der Waals surface area (Å²) in [5.41, 5.74) is 27.0. The molecular weight excluding hydrogens is 983 g/mol. The molecule has 9 rings (SSSR count). The van der Waals surface area contributed by atoms with Crippen LogP contribution in [0, 0.1) is 0 Å². The Labute approximate surface area is 440 Å². The Bertz CT molecular complexity index is 3230. The van der Waals surface area contributed by atoms with Crippen molar-refractivity contribution < 1.29 is 52.7 Å². The van der Waals surface area contributed by atoms with Gasteiger partial charge in [-0.3, -0.25) is 19.2 Å². The van der Waals surface area contributed by atoms with Gasteiger partial charge >= 0.3 is 5.97 Å². The molecule has 0 unspecified atom stereocenters. The number of rotatable bonds is 19. The minimum Gasteiger partial charge on any atom is -0.480 e. The third-order valence-electron chi connectivity index (χ3n) is 11.0. The van der Waals surface area contributed by atoms with Crippen molar-refractivity contribution in [3.8, 4) is 69.0 Å². The van der Waals surface area contributed by atoms with Crippen LogP contribution in [0.15, 0.2) is 200 Å². The van der Waals surface area contributed by atoms with Crippen molar-refractivity contribution >= 4 is 57.8 Å². The smallest absolute Gasteiger partial charge is 0.322 e. The van der Waals surface area contributed by atoms with Crippen molar-refractivity contribution in [1.82, 2.24) is 5.32 Å². The van der Waals surface area contributed by atoms with E-state index in [1.165, 1.54) is 18.2 Å². The number of benzene rings is 9. The average molecular weight is 1030 g/mol. The second kappa shape index (κ2) is 23.2. The first-order valence-electron chi connectivity index (χ1n) is 23.5. The molecule has 0 aliphatic heterocycles. The number of aliphatic carboxylic acids is 1. The van der Waals surface area contributed by atoms with Crippen LogP contribution in [0.4, 0.5) is 34.1 Å². The van der Waals surface area contributed by atoms with E-state index in [0.29, 0.717) is 91.6 Å². The van der Waals surface area contributed by atoms with Crippen LogP contribution in [0.3, 0.4) is 0 Å². The molecule has 0 atom stereocenters. The summed E-state index contributed by atoms with van der Waals surface area (Å²) in [7, 11) is 0. The van der Waals surface area contributed by atoms with Crippen LogP contribution in [0.5, 0.6) is 69.0 Å². The maximum absolute atomic E-state index is 13.7. The monoisotopic (exact) mass is 1030 g/mol. The van der Waals surface area contributed by atoms with Crippen molar-refractivity contribution in [3.63, 3.8) is 0 Å². The van der Waals surface area contributed by atoms with Gasteiger partial charge in [-0.25, -0.2) is 0 Å². The zero-order valence-electron chi connectivity index (χ0n) is 40.6. The summed E-state index contributed by atoms with van der Waals surface area (Å²) < 4.78 is 36.6. The number of hydrogen-bond donors (Lipinski definition) is 8. The number of anilines is 6. The number of ether oxygens (including phenoxy) is 6. The van der Waals surface area contributed by atoms with Crippen molar-refractivity contribution in [2.24, 2.45) is 0 Å². The summed E-state index contributed by atoms with van der Waals surface area (Å²) in [6, 6.07) is 54.0. The fourth-order valence-electron chi connectivity index (χ4n) is 7.30. The van der Waals surface area contributed by atoms with Crippen molar-refractivity contribution in [2.45, 2.75) is 0 Å². The fraction of sp³-hybridized carbons (Fsp3) is 0.0169. The molecule has 0 radical (unpaired) electrons. The lowest BCUT2D eigenvalue weighted by Gasteiger charge is -2.14. The normalized spacial score (nSPS) is 10.6. The number of nitrogens with two attached hydrogens (primary N) is 4. The first kappa shape index (κ1) is 50.8. The summed E-state index contributed by atoms with van der Waals surface area (Å²) in [6.07, 6.45) is 0. The largest absolute Gasteiger partial charge is 0.480 e. The van der Waals surface area contributed by atoms with Crippen molar-refractivity contribution in [1.29, 1.82) is 0 Å². The van der Waals surface area contributed by atoms with Gasteiger partial charge in [-0.2, -0.15) is 0 Å². The molecule has 9 aromatic rings. The number of carboxylic acids is 1. The molecule has 18 heteroatoms. The number of nitrogen functional groups attached to an aromatic ring is 4. The second-order valence-corrected chi connectivity index (χ2v) is 17.0. The van der Waals surface area contributed by atoms with Crippen LogP contribution in [-0.2, 0) is 4.79 Å². The van der Waals surface area contributed by atoms with Crippen molar-refractivity contribution in [2.75, 3.05) is 40.1 Å². The molecule has 77 heavy (non-hydrogen) atoms. The standard InChI is InChI=1S/C59H47N7O11/c60-38-1-13-44(14-2-38)72-52-27-36(28-53(32-52)73-45-15-3-39(61)4-16-45)58(70)65-42-9-21-48(22-10-42)76-50-25-35(57(69)64-34-56(67)68)26-51(31-50)77-49-23-11-43(12-24-49)66-59(71)37-29-54(74-46-17-5-40(62)6-18-46)33-55(30-37)75-47-19-7-41(63)8-20-47/h1-33H,34,60-63H2,(H,64,69)(H,65,70)(H,66,71)(H,67,68). The molecule has 0 saturated carbocycles. The van der Waals surface area contributed by atoms with Gasteiger partial charge in [-0.05, 0) is 182 Å². The van der Waals surface area contributed by atoms with Crippen LogP contribution in [0.2, 0.25) is 0 Å². The van der Waals surface area contributed by atoms with E-state index in [9.17, 15) is 24.3 Å². The zero-order chi connectivity index (χ0) is 53.8. The van der Waals surface area contributed by atoms with Crippen LogP contribution in [0.1, 0.15) is 31.1 Å². The molecule has 0 fully saturated rings. The van der Waals surface area contributed by atoms with Crippen LogP contribution >= 0.6 is 0 Å². The lowest BCUT2D eigenvalue weighted by molar-refractivity contribution is -0.135. The van der Waals surface area contributed by atoms with Gasteiger partial charge in [0.2, 0.25) is 0 Å². The third-order valence-corrected chi connectivity index (χ3v) is 11.0. The minimum atomic E-state index is -1.24. The number of carbonyl (C=O) groups is 4. The predicted molar refractivity (Wildman–Crippen MR) is 292 cm³/mol.